The Morgan fingerprint density at radius 1 is 0.514 bits per heavy atom. The van der Waals surface area contributed by atoms with Gasteiger partial charge in [0.2, 0.25) is 0 Å². The molecule has 0 N–H and O–H groups in total. The van der Waals surface area contributed by atoms with Crippen molar-refractivity contribution in [2.75, 3.05) is 14.4 Å². The number of halogens is 10. The Labute approximate surface area is 418 Å². The van der Waals surface area contributed by atoms with Gasteiger partial charge >= 0.3 is 0 Å². The van der Waals surface area contributed by atoms with Gasteiger partial charge in [-0.2, -0.15) is 0 Å². The molecule has 4 aliphatic carbocycles. The smallest absolute Gasteiger partial charge is 0.255 e. The van der Waals surface area contributed by atoms with Gasteiger partial charge in [-0.3, -0.25) is 8.78 Å². The number of hydrogen-bond acceptors (Lipinski definition) is 2. The Morgan fingerprint density at radius 3 is 1.26 bits per heavy atom. The fraction of sp³-hybridized carbons (Fsp3) is 0.276. The van der Waals surface area contributed by atoms with E-state index in [-0.39, 0.29) is 11.4 Å². The molecule has 0 aromatic heterocycles. The van der Waals surface area contributed by atoms with Gasteiger partial charge < -0.3 is 0 Å². The lowest BCUT2D eigenvalue weighted by molar-refractivity contribution is 0.108. The van der Waals surface area contributed by atoms with E-state index in [2.05, 4.69) is 99.8 Å². The third-order valence-corrected chi connectivity index (χ3v) is 11.9. The van der Waals surface area contributed by atoms with E-state index in [9.17, 15) is 19.3 Å². The molecular weight excluding hydrogens is 943 g/mol. The monoisotopic (exact) mass is 1000 g/mol. The predicted octanol–water partition coefficient (Wildman–Crippen LogP) is 20.1. The Balaban J connectivity index is 0. The molecule has 4 aliphatic rings. The first kappa shape index (κ1) is 66.4. The summed E-state index contributed by atoms with van der Waals surface area (Å²) in [5.74, 6) is 0. The van der Waals surface area contributed by atoms with E-state index in [1.807, 2.05) is 85.0 Å². The quantitative estimate of drug-likeness (QED) is 0.109. The molecular formula is C58H60F10N4. The topological polar surface area (TPSA) is 56.3 Å². The number of hydrogen-bond donors (Lipinski definition) is 0. The maximum Gasteiger partial charge on any atom is 0.269 e. The van der Waals surface area contributed by atoms with Crippen molar-refractivity contribution in [3.8, 4) is 12.1 Å². The van der Waals surface area contributed by atoms with E-state index in [0.717, 1.165) is 62.5 Å². The average molecular weight is 1000 g/mol. The summed E-state index contributed by atoms with van der Waals surface area (Å²) in [6.07, 6.45) is 30.0. The van der Waals surface area contributed by atoms with Gasteiger partial charge in [0.05, 0.1) is 39.6 Å². The molecule has 0 heterocycles. The van der Waals surface area contributed by atoms with Gasteiger partial charge in [-0.25, -0.2) is 20.2 Å². The molecule has 0 saturated heterocycles. The summed E-state index contributed by atoms with van der Waals surface area (Å²) in [5.41, 5.74) is 20.0. The zero-order valence-electron chi connectivity index (χ0n) is 41.8. The highest BCUT2D eigenvalue weighted by Gasteiger charge is 2.16. The van der Waals surface area contributed by atoms with Gasteiger partial charge in [0.15, 0.2) is 0 Å². The normalized spacial score (nSPS) is 16.5. The molecule has 0 radical (unpaired) electrons. The van der Waals surface area contributed by atoms with Crippen LogP contribution in [-0.2, 0) is 0 Å². The van der Waals surface area contributed by atoms with Crippen LogP contribution in [-0.4, -0.2) is 14.4 Å². The second-order valence-corrected chi connectivity index (χ2v) is 15.8. The summed E-state index contributed by atoms with van der Waals surface area (Å²) >= 11 is 0. The number of rotatable bonds is 9. The van der Waals surface area contributed by atoms with E-state index >= 15 is 0 Å². The van der Waals surface area contributed by atoms with Gasteiger partial charge in [-0.15, -0.1) is 0 Å². The minimum absolute atomic E-state index is 0.114. The van der Waals surface area contributed by atoms with Gasteiger partial charge in [0.1, 0.15) is 0 Å². The van der Waals surface area contributed by atoms with Crippen LogP contribution < -0.4 is 0 Å². The molecule has 6 rings (SSSR count). The van der Waals surface area contributed by atoms with Crippen LogP contribution in [0.4, 0.5) is 45.4 Å². The van der Waals surface area contributed by atoms with Gasteiger partial charge in [-0.1, -0.05) is 133 Å². The van der Waals surface area contributed by atoms with Crippen molar-refractivity contribution < 1.29 is 45.4 Å². The SMILES string of the molecule is CF.CF.FF.FF.FF.FF.[C-]#[N+]/C(C#N)=C(\C=C1\C=C(C=CC2=C(C)C(C)=C(C)C2)CCC1)c1ccccc1.[C-]#[N+]\C(C#N)=C(/C=C\C=C1\C=C(C=CC2=C(C)C(C)=C(C)C2)CCC1)c1ccccc1. The lowest BCUT2D eigenvalue weighted by Gasteiger charge is -2.14. The fourth-order valence-corrected chi connectivity index (χ4v) is 7.85. The van der Waals surface area contributed by atoms with Crippen LogP contribution in [0.3, 0.4) is 0 Å². The van der Waals surface area contributed by atoms with Crippen molar-refractivity contribution in [2.45, 2.75) is 92.9 Å². The molecule has 0 spiro atoms. The minimum Gasteiger partial charge on any atom is -0.255 e. The first-order valence-corrected chi connectivity index (χ1v) is 22.1. The number of nitriles is 2. The zero-order chi connectivity index (χ0) is 55.0. The zero-order valence-corrected chi connectivity index (χ0v) is 41.8. The van der Waals surface area contributed by atoms with Crippen LogP contribution in [0.1, 0.15) is 104 Å². The summed E-state index contributed by atoms with van der Waals surface area (Å²) in [4.78, 5) is 6.86. The van der Waals surface area contributed by atoms with Crippen LogP contribution in [0, 0.1) is 35.8 Å². The van der Waals surface area contributed by atoms with E-state index in [1.165, 1.54) is 66.9 Å². The molecule has 14 heteroatoms. The van der Waals surface area contributed by atoms with Crippen molar-refractivity contribution in [3.05, 3.63) is 234 Å². The van der Waals surface area contributed by atoms with Crippen LogP contribution >= 0.6 is 0 Å². The molecule has 0 atom stereocenters. The number of alkyl halides is 2. The van der Waals surface area contributed by atoms with Crippen molar-refractivity contribution in [2.24, 2.45) is 0 Å². The van der Waals surface area contributed by atoms with E-state index in [0.29, 0.717) is 25.5 Å². The predicted molar refractivity (Wildman–Crippen MR) is 273 cm³/mol. The summed E-state index contributed by atoms with van der Waals surface area (Å²) < 4.78 is 83.0. The van der Waals surface area contributed by atoms with Crippen LogP contribution in [0.2, 0.25) is 0 Å². The highest BCUT2D eigenvalue weighted by Crippen LogP contribution is 2.35. The lowest BCUT2D eigenvalue weighted by atomic mass is 9.91. The van der Waals surface area contributed by atoms with Crippen LogP contribution in [0.25, 0.3) is 20.8 Å². The van der Waals surface area contributed by atoms with Gasteiger partial charge in [-0.05, 0) is 171 Å². The molecule has 0 aliphatic heterocycles. The highest BCUT2D eigenvalue weighted by atomic mass is 20.0. The minimum atomic E-state index is 0.114. The molecule has 72 heavy (non-hydrogen) atoms. The molecule has 0 bridgehead atoms. The van der Waals surface area contributed by atoms with Crippen LogP contribution in [0.5, 0.6) is 0 Å². The Morgan fingerprint density at radius 2 is 0.889 bits per heavy atom. The molecule has 0 unspecified atom stereocenters. The standard InChI is InChI=1S/C29H28N2.C27H26N2.2CH3F.4F2/c1-21-18-27(23(3)22(21)2)17-16-25-11-8-10-24(19-25)12-9-15-28(29(20-30)31-4)26-13-6-5-7-14-26;1-19-15-25(21(3)20(19)2)14-13-22-9-8-10-23(16-22)17-26(27(18-28)29-4)24-11-6-5-7-12-24;6*1-2/h5-7,9,12-17,19H,8,10-11,18H2,1-3H3;5-7,11-14,16-17H,8-10,15H2,1-3H3;2*1H3;;;;/b15-9-,17-16?,24-12+,29-28+;14-13?,23-17+,27-26+;;;;;;. The molecule has 382 valence electrons. The molecule has 0 fully saturated rings. The Kier molecular flexibility index (Phi) is 37.0. The Hall–Kier alpha value is -7.68. The van der Waals surface area contributed by atoms with Crippen molar-refractivity contribution >= 4 is 11.1 Å². The molecule has 0 amide bonds. The molecule has 4 nitrogen and oxygen atoms in total. The average Bonchev–Trinajstić information content (AvgIpc) is 3.85. The third kappa shape index (κ3) is 21.5. The van der Waals surface area contributed by atoms with Crippen molar-refractivity contribution in [3.63, 3.8) is 0 Å². The summed E-state index contributed by atoms with van der Waals surface area (Å²) in [6, 6.07) is 23.4. The van der Waals surface area contributed by atoms with E-state index < -0.39 is 0 Å². The van der Waals surface area contributed by atoms with E-state index in [1.54, 1.807) is 0 Å². The lowest BCUT2D eigenvalue weighted by Crippen LogP contribution is -1.95. The maximum atomic E-state index is 9.50. The van der Waals surface area contributed by atoms with Gasteiger partial charge in [0, 0.05) is 36.6 Å². The summed E-state index contributed by atoms with van der Waals surface area (Å²) in [5, 5.41) is 18.8. The number of nitrogens with zero attached hydrogens (tertiary/aromatic N) is 4. The summed E-state index contributed by atoms with van der Waals surface area (Å²) in [6.45, 7) is 28.0. The number of allylic oxidation sites excluding steroid dienone is 26. The summed E-state index contributed by atoms with van der Waals surface area (Å²) in [7, 11) is 1.00. The largest absolute Gasteiger partial charge is 0.269 e. The molecule has 0 saturated carbocycles. The Bertz CT molecular complexity index is 2590. The first-order chi connectivity index (χ1) is 35.1. The molecule has 2 aromatic rings. The van der Waals surface area contributed by atoms with Crippen molar-refractivity contribution in [1.82, 2.24) is 0 Å². The fourth-order valence-electron chi connectivity index (χ4n) is 7.85. The maximum absolute atomic E-state index is 9.50. The third-order valence-electron chi connectivity index (χ3n) is 11.9. The second-order valence-electron chi connectivity index (χ2n) is 15.8. The van der Waals surface area contributed by atoms with Crippen LogP contribution in [0.15, 0.2) is 200 Å². The van der Waals surface area contributed by atoms with Crippen molar-refractivity contribution in [1.29, 1.82) is 10.5 Å². The van der Waals surface area contributed by atoms with Gasteiger partial charge in [0.25, 0.3) is 11.4 Å². The first-order valence-electron chi connectivity index (χ1n) is 22.1. The number of benzene rings is 2. The highest BCUT2D eigenvalue weighted by molar-refractivity contribution is 5.82. The molecule has 2 aromatic carbocycles. The van der Waals surface area contributed by atoms with E-state index in [4.69, 9.17) is 49.7 Å². The second kappa shape index (κ2) is 40.1.